The van der Waals surface area contributed by atoms with Crippen LogP contribution in [0.2, 0.25) is 10.2 Å². The van der Waals surface area contributed by atoms with Gasteiger partial charge in [-0.25, -0.2) is 0 Å². The van der Waals surface area contributed by atoms with Crippen molar-refractivity contribution in [2.75, 3.05) is 0 Å². The van der Waals surface area contributed by atoms with Crippen molar-refractivity contribution in [1.29, 1.82) is 0 Å². The average Bonchev–Trinajstić information content (AvgIpc) is 2.75. The van der Waals surface area contributed by atoms with Crippen molar-refractivity contribution in [3.8, 4) is 0 Å². The van der Waals surface area contributed by atoms with Gasteiger partial charge in [0, 0.05) is 11.6 Å². The lowest BCUT2D eigenvalue weighted by Gasteiger charge is -2.15. The molecule has 0 bridgehead atoms. The van der Waals surface area contributed by atoms with Gasteiger partial charge in [0.1, 0.15) is 11.0 Å². The average molecular weight is 329 g/mol. The lowest BCUT2D eigenvalue weighted by Crippen LogP contribution is -2.36. The summed E-state index contributed by atoms with van der Waals surface area (Å²) >= 11 is 16.6. The molecule has 0 spiro atoms. The summed E-state index contributed by atoms with van der Waals surface area (Å²) in [5.74, 6) is -0.125. The first-order chi connectivity index (χ1) is 9.49. The minimum Gasteiger partial charge on any atom is -0.445 e. The highest BCUT2D eigenvalue weighted by atomic mass is 35.5. The van der Waals surface area contributed by atoms with E-state index in [0.717, 1.165) is 0 Å². The number of amides is 1. The summed E-state index contributed by atoms with van der Waals surface area (Å²) in [5.41, 5.74) is 6.10. The SMILES string of the molecule is NC(=S)C(NC(=O)c1ccccc1)c1oc(Cl)cc1Cl. The van der Waals surface area contributed by atoms with Crippen molar-refractivity contribution in [2.24, 2.45) is 5.73 Å². The Hall–Kier alpha value is -1.56. The Bertz CT molecular complexity index is 643. The molecule has 0 aliphatic carbocycles. The van der Waals surface area contributed by atoms with E-state index in [1.807, 2.05) is 6.07 Å². The third-order valence-electron chi connectivity index (χ3n) is 2.54. The second-order valence-corrected chi connectivity index (χ2v) is 5.19. The van der Waals surface area contributed by atoms with Gasteiger partial charge in [0.2, 0.25) is 0 Å². The van der Waals surface area contributed by atoms with Crippen LogP contribution in [0, 0.1) is 0 Å². The highest BCUT2D eigenvalue weighted by Crippen LogP contribution is 2.30. The molecule has 7 heteroatoms. The fraction of sp³-hybridized carbons (Fsp3) is 0.0769. The molecule has 0 aliphatic rings. The molecule has 4 nitrogen and oxygen atoms in total. The Labute approximate surface area is 130 Å². The van der Waals surface area contributed by atoms with Crippen LogP contribution in [0.4, 0.5) is 0 Å². The number of nitrogens with two attached hydrogens (primary N) is 1. The van der Waals surface area contributed by atoms with E-state index in [1.165, 1.54) is 6.07 Å². The standard InChI is InChI=1S/C13H10Cl2N2O2S/c14-8-6-9(15)19-11(8)10(12(16)20)17-13(18)7-4-2-1-3-5-7/h1-6,10H,(H2,16,20)(H,17,18). The van der Waals surface area contributed by atoms with Gasteiger partial charge in [-0.15, -0.1) is 0 Å². The van der Waals surface area contributed by atoms with E-state index < -0.39 is 6.04 Å². The van der Waals surface area contributed by atoms with Crippen molar-refractivity contribution in [2.45, 2.75) is 6.04 Å². The number of carbonyl (C=O) groups is 1. The molecular weight excluding hydrogens is 319 g/mol. The van der Waals surface area contributed by atoms with E-state index in [2.05, 4.69) is 5.32 Å². The van der Waals surface area contributed by atoms with Gasteiger partial charge in [0.25, 0.3) is 5.91 Å². The van der Waals surface area contributed by atoms with E-state index in [1.54, 1.807) is 24.3 Å². The van der Waals surface area contributed by atoms with Gasteiger partial charge < -0.3 is 15.5 Å². The molecule has 1 atom stereocenters. The number of nitrogens with one attached hydrogen (secondary N) is 1. The fourth-order valence-corrected chi connectivity index (χ4v) is 2.28. The molecule has 2 rings (SSSR count). The summed E-state index contributed by atoms with van der Waals surface area (Å²) in [6.45, 7) is 0. The smallest absolute Gasteiger partial charge is 0.252 e. The van der Waals surface area contributed by atoms with Crippen molar-refractivity contribution < 1.29 is 9.21 Å². The second kappa shape index (κ2) is 6.26. The number of carbonyl (C=O) groups excluding carboxylic acids is 1. The molecule has 0 fully saturated rings. The maximum atomic E-state index is 12.1. The zero-order valence-corrected chi connectivity index (χ0v) is 12.4. The third-order valence-corrected chi connectivity index (χ3v) is 3.26. The summed E-state index contributed by atoms with van der Waals surface area (Å²) in [5, 5.41) is 3.01. The molecule has 0 saturated heterocycles. The fourth-order valence-electron chi connectivity index (χ4n) is 1.62. The molecule has 1 amide bonds. The molecule has 1 aromatic carbocycles. The summed E-state index contributed by atoms with van der Waals surface area (Å²) in [6, 6.07) is 9.25. The van der Waals surface area contributed by atoms with Gasteiger partial charge in [-0.1, -0.05) is 42.0 Å². The molecule has 0 radical (unpaired) electrons. The number of rotatable bonds is 4. The zero-order chi connectivity index (χ0) is 14.7. The number of benzene rings is 1. The van der Waals surface area contributed by atoms with Gasteiger partial charge in [0.05, 0.1) is 5.02 Å². The van der Waals surface area contributed by atoms with E-state index in [9.17, 15) is 4.79 Å². The molecule has 20 heavy (non-hydrogen) atoms. The first-order valence-electron chi connectivity index (χ1n) is 5.59. The van der Waals surface area contributed by atoms with E-state index in [4.69, 9.17) is 45.6 Å². The molecular formula is C13H10Cl2N2O2S. The maximum absolute atomic E-state index is 12.1. The molecule has 0 saturated carbocycles. The van der Waals surface area contributed by atoms with Gasteiger partial charge in [-0.2, -0.15) is 0 Å². The summed E-state index contributed by atoms with van der Waals surface area (Å²) in [6.07, 6.45) is 0. The van der Waals surface area contributed by atoms with E-state index in [-0.39, 0.29) is 26.9 Å². The van der Waals surface area contributed by atoms with Crippen LogP contribution in [0.5, 0.6) is 0 Å². The molecule has 1 heterocycles. The van der Waals surface area contributed by atoms with Crippen molar-refractivity contribution in [1.82, 2.24) is 5.32 Å². The van der Waals surface area contributed by atoms with Crippen LogP contribution in [0.1, 0.15) is 22.2 Å². The molecule has 2 aromatic rings. The minimum absolute atomic E-state index is 0.0298. The quantitative estimate of drug-likeness (QED) is 0.844. The largest absolute Gasteiger partial charge is 0.445 e. The highest BCUT2D eigenvalue weighted by molar-refractivity contribution is 7.80. The number of halogens is 2. The Morgan fingerprint density at radius 1 is 1.30 bits per heavy atom. The van der Waals surface area contributed by atoms with Crippen LogP contribution in [0.15, 0.2) is 40.8 Å². The second-order valence-electron chi connectivity index (χ2n) is 3.94. The van der Waals surface area contributed by atoms with Crippen molar-refractivity contribution in [3.05, 3.63) is 58.0 Å². The first-order valence-corrected chi connectivity index (χ1v) is 6.75. The normalized spacial score (nSPS) is 11.9. The molecule has 0 aliphatic heterocycles. The Morgan fingerprint density at radius 2 is 1.95 bits per heavy atom. The van der Waals surface area contributed by atoms with Gasteiger partial charge in [0.15, 0.2) is 11.0 Å². The Morgan fingerprint density at radius 3 is 2.45 bits per heavy atom. The van der Waals surface area contributed by atoms with Crippen LogP contribution < -0.4 is 11.1 Å². The summed E-state index contributed by atoms with van der Waals surface area (Å²) < 4.78 is 5.23. The Kier molecular flexibility index (Phi) is 4.65. The van der Waals surface area contributed by atoms with Gasteiger partial charge >= 0.3 is 0 Å². The molecule has 1 unspecified atom stereocenters. The zero-order valence-electron chi connectivity index (χ0n) is 10.1. The van der Waals surface area contributed by atoms with E-state index >= 15 is 0 Å². The molecule has 1 aromatic heterocycles. The first kappa shape index (κ1) is 14.8. The number of hydrogen-bond donors (Lipinski definition) is 2. The lowest BCUT2D eigenvalue weighted by atomic mass is 10.1. The molecule has 3 N–H and O–H groups in total. The third kappa shape index (κ3) is 3.30. The Balaban J connectivity index is 2.25. The predicted molar refractivity (Wildman–Crippen MR) is 82.2 cm³/mol. The number of furan rings is 1. The monoisotopic (exact) mass is 328 g/mol. The van der Waals surface area contributed by atoms with Crippen molar-refractivity contribution in [3.63, 3.8) is 0 Å². The number of hydrogen-bond acceptors (Lipinski definition) is 3. The van der Waals surface area contributed by atoms with Crippen LogP contribution in [-0.4, -0.2) is 10.9 Å². The van der Waals surface area contributed by atoms with Crippen molar-refractivity contribution >= 4 is 46.3 Å². The van der Waals surface area contributed by atoms with Gasteiger partial charge in [-0.3, -0.25) is 4.79 Å². The van der Waals surface area contributed by atoms with Crippen LogP contribution >= 0.6 is 35.4 Å². The topological polar surface area (TPSA) is 68.3 Å². The van der Waals surface area contributed by atoms with Crippen LogP contribution in [0.25, 0.3) is 0 Å². The maximum Gasteiger partial charge on any atom is 0.252 e. The van der Waals surface area contributed by atoms with Gasteiger partial charge in [-0.05, 0) is 23.7 Å². The lowest BCUT2D eigenvalue weighted by molar-refractivity contribution is 0.0943. The summed E-state index contributed by atoms with van der Waals surface area (Å²) in [7, 11) is 0. The van der Waals surface area contributed by atoms with Crippen LogP contribution in [0.3, 0.4) is 0 Å². The molecule has 104 valence electrons. The highest BCUT2D eigenvalue weighted by Gasteiger charge is 2.24. The van der Waals surface area contributed by atoms with E-state index in [0.29, 0.717) is 5.56 Å². The van der Waals surface area contributed by atoms with Crippen LogP contribution in [-0.2, 0) is 0 Å². The predicted octanol–water partition coefficient (Wildman–Crippen LogP) is 3.34. The summed E-state index contributed by atoms with van der Waals surface area (Å²) in [4.78, 5) is 12.1. The number of thiocarbonyl (C=S) groups is 1. The minimum atomic E-state index is -0.822.